The lowest BCUT2D eigenvalue weighted by Crippen LogP contribution is -2.05. The van der Waals surface area contributed by atoms with E-state index in [4.69, 9.17) is 20.1 Å². The molecule has 0 saturated carbocycles. The van der Waals surface area contributed by atoms with E-state index in [9.17, 15) is 0 Å². The van der Waals surface area contributed by atoms with Crippen LogP contribution in [-0.2, 0) is 9.47 Å². The fraction of sp³-hybridized carbons (Fsp3) is 1.00. The Labute approximate surface area is 91.6 Å². The van der Waals surface area contributed by atoms with Crippen LogP contribution in [0.5, 0.6) is 0 Å². The number of aliphatic hydroxyl groups excluding tert-OH is 3. The molecular weight excluding hydrogens is 200 g/mol. The van der Waals surface area contributed by atoms with Crippen LogP contribution in [0.4, 0.5) is 0 Å². The first-order valence-corrected chi connectivity index (χ1v) is 5.17. The average molecular weight is 224 g/mol. The maximum absolute atomic E-state index is 8.25. The molecule has 15 heavy (non-hydrogen) atoms. The Balaban J connectivity index is 0. The molecule has 0 radical (unpaired) electrons. The van der Waals surface area contributed by atoms with Crippen molar-refractivity contribution >= 4 is 0 Å². The Hall–Kier alpha value is -0.200. The summed E-state index contributed by atoms with van der Waals surface area (Å²) in [7, 11) is 0. The Morgan fingerprint density at radius 3 is 1.53 bits per heavy atom. The minimum atomic E-state index is 0.0278. The third kappa shape index (κ3) is 24.8. The first kappa shape index (κ1) is 17.2. The summed E-state index contributed by atoms with van der Waals surface area (Å²) in [4.78, 5) is 0. The molecule has 94 valence electrons. The van der Waals surface area contributed by atoms with Gasteiger partial charge in [-0.05, 0) is 5.92 Å². The molecule has 0 saturated heterocycles. The number of hydrogen-bond acceptors (Lipinski definition) is 5. The average Bonchev–Trinajstić information content (AvgIpc) is 2.20. The van der Waals surface area contributed by atoms with Crippen molar-refractivity contribution in [3.05, 3.63) is 0 Å². The minimum absolute atomic E-state index is 0.0278. The van der Waals surface area contributed by atoms with Gasteiger partial charge in [0.1, 0.15) is 0 Å². The van der Waals surface area contributed by atoms with Crippen LogP contribution in [0.15, 0.2) is 0 Å². The van der Waals surface area contributed by atoms with Gasteiger partial charge < -0.3 is 24.8 Å². The Morgan fingerprint density at radius 2 is 1.20 bits per heavy atom. The number of aliphatic hydroxyl groups is 3. The van der Waals surface area contributed by atoms with Crippen LogP contribution in [0, 0.1) is 5.92 Å². The topological polar surface area (TPSA) is 79.2 Å². The van der Waals surface area contributed by atoms with Crippen molar-refractivity contribution in [2.45, 2.75) is 13.8 Å². The first-order chi connectivity index (χ1) is 7.18. The highest BCUT2D eigenvalue weighted by Crippen LogP contribution is 1.90. The summed E-state index contributed by atoms with van der Waals surface area (Å²) in [6.45, 7) is 6.21. The van der Waals surface area contributed by atoms with Crippen molar-refractivity contribution < 1.29 is 24.8 Å². The monoisotopic (exact) mass is 224 g/mol. The Kier molecular flexibility index (Phi) is 18.6. The SMILES string of the molecule is CC(C)COCCO.OCCOCCO. The molecule has 0 heterocycles. The third-order valence-electron chi connectivity index (χ3n) is 1.16. The van der Waals surface area contributed by atoms with Gasteiger partial charge in [0.05, 0.1) is 39.6 Å². The van der Waals surface area contributed by atoms with Crippen LogP contribution >= 0.6 is 0 Å². The molecule has 0 aliphatic heterocycles. The zero-order valence-corrected chi connectivity index (χ0v) is 9.69. The highest BCUT2D eigenvalue weighted by Gasteiger charge is 1.90. The van der Waals surface area contributed by atoms with Crippen molar-refractivity contribution in [3.8, 4) is 0 Å². The van der Waals surface area contributed by atoms with E-state index < -0.39 is 0 Å². The van der Waals surface area contributed by atoms with Crippen LogP contribution in [0.3, 0.4) is 0 Å². The number of ether oxygens (including phenoxy) is 2. The van der Waals surface area contributed by atoms with Crippen LogP contribution in [0.25, 0.3) is 0 Å². The minimum Gasteiger partial charge on any atom is -0.394 e. The second-order valence-corrected chi connectivity index (χ2v) is 3.25. The molecule has 0 aliphatic carbocycles. The van der Waals surface area contributed by atoms with Gasteiger partial charge in [0.15, 0.2) is 0 Å². The van der Waals surface area contributed by atoms with E-state index in [1.54, 1.807) is 0 Å². The fourth-order valence-corrected chi connectivity index (χ4v) is 0.615. The van der Waals surface area contributed by atoms with Gasteiger partial charge in [0.2, 0.25) is 0 Å². The molecule has 0 rings (SSSR count). The summed E-state index contributed by atoms with van der Waals surface area (Å²) in [6.07, 6.45) is 0. The maximum atomic E-state index is 8.25. The molecule has 0 atom stereocenters. The summed E-state index contributed by atoms with van der Waals surface area (Å²) < 4.78 is 9.63. The maximum Gasteiger partial charge on any atom is 0.0698 e. The van der Waals surface area contributed by atoms with Gasteiger partial charge in [-0.15, -0.1) is 0 Å². The van der Waals surface area contributed by atoms with E-state index in [2.05, 4.69) is 18.6 Å². The lowest BCUT2D eigenvalue weighted by atomic mass is 10.2. The van der Waals surface area contributed by atoms with E-state index in [1.165, 1.54) is 0 Å². The standard InChI is InChI=1S/C6H14O2.C4H10O3/c1-6(2)5-8-4-3-7;5-1-3-7-4-2-6/h6-7H,3-5H2,1-2H3;5-6H,1-4H2. The molecule has 0 spiro atoms. The summed E-state index contributed by atoms with van der Waals surface area (Å²) in [6, 6.07) is 0. The molecule has 5 heteroatoms. The lowest BCUT2D eigenvalue weighted by molar-refractivity contribution is 0.0650. The summed E-state index contributed by atoms with van der Waals surface area (Å²) in [5, 5.41) is 24.4. The summed E-state index contributed by atoms with van der Waals surface area (Å²) in [5.74, 6) is 0.571. The second kappa shape index (κ2) is 16.2. The van der Waals surface area contributed by atoms with Crippen LogP contribution in [0.2, 0.25) is 0 Å². The highest BCUT2D eigenvalue weighted by molar-refractivity contribution is 4.38. The Bertz CT molecular complexity index is 93.8. The summed E-state index contributed by atoms with van der Waals surface area (Å²) in [5.41, 5.74) is 0. The van der Waals surface area contributed by atoms with E-state index in [1.807, 2.05) is 0 Å². The predicted molar refractivity (Wildman–Crippen MR) is 57.7 cm³/mol. The van der Waals surface area contributed by atoms with Gasteiger partial charge in [-0.3, -0.25) is 0 Å². The van der Waals surface area contributed by atoms with Gasteiger partial charge >= 0.3 is 0 Å². The van der Waals surface area contributed by atoms with E-state index in [0.717, 1.165) is 6.61 Å². The molecule has 0 aromatic carbocycles. The zero-order valence-electron chi connectivity index (χ0n) is 9.69. The van der Waals surface area contributed by atoms with Crippen LogP contribution in [-0.4, -0.2) is 61.6 Å². The van der Waals surface area contributed by atoms with Crippen molar-refractivity contribution in [2.24, 2.45) is 5.92 Å². The smallest absolute Gasteiger partial charge is 0.0698 e. The molecular formula is C10H24O5. The molecule has 0 aromatic heterocycles. The molecule has 0 aliphatic rings. The van der Waals surface area contributed by atoms with Gasteiger partial charge in [0.25, 0.3) is 0 Å². The van der Waals surface area contributed by atoms with Gasteiger partial charge in [-0.2, -0.15) is 0 Å². The molecule has 5 nitrogen and oxygen atoms in total. The quantitative estimate of drug-likeness (QED) is 0.491. The summed E-state index contributed by atoms with van der Waals surface area (Å²) >= 11 is 0. The van der Waals surface area contributed by atoms with E-state index >= 15 is 0 Å². The molecule has 0 amide bonds. The third-order valence-corrected chi connectivity index (χ3v) is 1.16. The largest absolute Gasteiger partial charge is 0.394 e. The van der Waals surface area contributed by atoms with E-state index in [0.29, 0.717) is 25.7 Å². The predicted octanol–water partition coefficient (Wildman–Crippen LogP) is -0.361. The Morgan fingerprint density at radius 1 is 0.800 bits per heavy atom. The molecule has 0 fully saturated rings. The highest BCUT2D eigenvalue weighted by atomic mass is 16.5. The van der Waals surface area contributed by atoms with Crippen molar-refractivity contribution in [2.75, 3.05) is 46.2 Å². The van der Waals surface area contributed by atoms with Gasteiger partial charge in [-0.1, -0.05) is 13.8 Å². The van der Waals surface area contributed by atoms with E-state index in [-0.39, 0.29) is 19.8 Å². The fourth-order valence-electron chi connectivity index (χ4n) is 0.615. The van der Waals surface area contributed by atoms with Crippen molar-refractivity contribution in [3.63, 3.8) is 0 Å². The second-order valence-electron chi connectivity index (χ2n) is 3.25. The van der Waals surface area contributed by atoms with Crippen molar-refractivity contribution in [1.29, 1.82) is 0 Å². The van der Waals surface area contributed by atoms with Crippen molar-refractivity contribution in [1.82, 2.24) is 0 Å². The molecule has 0 unspecified atom stereocenters. The number of hydrogen-bond donors (Lipinski definition) is 3. The van der Waals surface area contributed by atoms with Crippen LogP contribution in [0.1, 0.15) is 13.8 Å². The first-order valence-electron chi connectivity index (χ1n) is 5.17. The van der Waals surface area contributed by atoms with Crippen LogP contribution < -0.4 is 0 Å². The molecule has 0 bridgehead atoms. The zero-order chi connectivity index (χ0) is 11.9. The number of rotatable bonds is 8. The molecule has 0 aromatic rings. The molecule has 3 N–H and O–H groups in total. The van der Waals surface area contributed by atoms with Gasteiger partial charge in [-0.25, -0.2) is 0 Å². The lowest BCUT2D eigenvalue weighted by Gasteiger charge is -2.03. The normalized spacial score (nSPS) is 10.0. The van der Waals surface area contributed by atoms with Gasteiger partial charge in [0, 0.05) is 6.61 Å².